The summed E-state index contributed by atoms with van der Waals surface area (Å²) in [6, 6.07) is 25.9. The highest BCUT2D eigenvalue weighted by Gasteiger charge is 2.21. The molecule has 0 bridgehead atoms. The molecule has 1 heterocycles. The van der Waals surface area contributed by atoms with Crippen molar-refractivity contribution in [2.45, 2.75) is 13.1 Å². The van der Waals surface area contributed by atoms with Gasteiger partial charge in [0.15, 0.2) is 0 Å². The number of benzene rings is 3. The number of imidazole rings is 1. The Morgan fingerprint density at radius 2 is 1.59 bits per heavy atom. The van der Waals surface area contributed by atoms with Crippen molar-refractivity contribution in [3.8, 4) is 5.75 Å². The summed E-state index contributed by atoms with van der Waals surface area (Å²) < 4.78 is 10.0. The van der Waals surface area contributed by atoms with Crippen LogP contribution in [0.4, 0.5) is 5.95 Å². The summed E-state index contributed by atoms with van der Waals surface area (Å²) in [6.07, 6.45) is 0. The summed E-state index contributed by atoms with van der Waals surface area (Å²) in [5.74, 6) is 1.55. The molecule has 1 aromatic heterocycles. The van der Waals surface area contributed by atoms with Crippen molar-refractivity contribution < 1.29 is 9.30 Å². The molecule has 0 spiro atoms. The van der Waals surface area contributed by atoms with Crippen LogP contribution in [0.15, 0.2) is 78.9 Å². The Kier molecular flexibility index (Phi) is 4.99. The molecule has 0 fully saturated rings. The van der Waals surface area contributed by atoms with E-state index >= 15 is 0 Å². The normalized spacial score (nSPS) is 11.0. The number of fused-ring (bicyclic) bond motifs is 1. The number of hydrogen-bond donors (Lipinski definition) is 1. The lowest BCUT2D eigenvalue weighted by atomic mass is 10.2. The fraction of sp³-hybridized carbons (Fsp3) is 0.136. The van der Waals surface area contributed by atoms with Gasteiger partial charge in [0.2, 0.25) is 0 Å². The fourth-order valence-corrected chi connectivity index (χ4v) is 3.48. The number of nitrogens with two attached hydrogens (primary N) is 1. The predicted octanol–water partition coefficient (Wildman–Crippen LogP) is 4.29. The third-order valence-electron chi connectivity index (χ3n) is 4.63. The van der Waals surface area contributed by atoms with Crippen molar-refractivity contribution in [3.63, 3.8) is 0 Å². The smallest absolute Gasteiger partial charge is 0.356 e. The Morgan fingerprint density at radius 1 is 0.889 bits per heavy atom. The Hall–Kier alpha value is -2.98. The van der Waals surface area contributed by atoms with Crippen molar-refractivity contribution >= 4 is 28.6 Å². The molecule has 4 nitrogen and oxygen atoms in total. The van der Waals surface area contributed by atoms with Crippen LogP contribution in [0.2, 0.25) is 5.02 Å². The Bertz CT molecular complexity index is 1060. The SMILES string of the molecule is Nc1n(CCOc2ccccc2)c2ccccc2[n+]1Cc1ccccc1Cl. The Labute approximate surface area is 163 Å². The van der Waals surface area contributed by atoms with Crippen molar-refractivity contribution in [3.05, 3.63) is 89.4 Å². The Morgan fingerprint density at radius 3 is 2.41 bits per heavy atom. The number of halogens is 1. The van der Waals surface area contributed by atoms with E-state index in [0.717, 1.165) is 27.4 Å². The second-order valence-electron chi connectivity index (χ2n) is 6.34. The van der Waals surface area contributed by atoms with Crippen LogP contribution < -0.4 is 15.0 Å². The quantitative estimate of drug-likeness (QED) is 0.508. The lowest BCUT2D eigenvalue weighted by Gasteiger charge is -2.06. The summed E-state index contributed by atoms with van der Waals surface area (Å²) in [6.45, 7) is 1.83. The number of para-hydroxylation sites is 3. The van der Waals surface area contributed by atoms with Gasteiger partial charge in [0.25, 0.3) is 0 Å². The first-order valence-corrected chi connectivity index (χ1v) is 9.29. The zero-order valence-corrected chi connectivity index (χ0v) is 15.6. The molecule has 0 amide bonds. The third kappa shape index (κ3) is 3.62. The van der Waals surface area contributed by atoms with E-state index in [-0.39, 0.29) is 0 Å². The standard InChI is InChI=1S/C22H20ClN3O/c23-19-11-5-4-8-17(19)16-26-21-13-7-6-12-20(21)25(22(26)24)14-15-27-18-9-2-1-3-10-18/h1-13,24H,14-16H2/p+1. The number of nitrogens with zero attached hydrogens (tertiary/aromatic N) is 2. The van der Waals surface area contributed by atoms with E-state index < -0.39 is 0 Å². The number of hydrogen-bond acceptors (Lipinski definition) is 2. The number of anilines is 1. The average molecular weight is 379 g/mol. The molecule has 4 rings (SSSR count). The van der Waals surface area contributed by atoms with Gasteiger partial charge in [-0.25, -0.2) is 9.13 Å². The summed E-state index contributed by atoms with van der Waals surface area (Å²) >= 11 is 6.35. The molecular weight excluding hydrogens is 358 g/mol. The molecule has 4 aromatic rings. The number of aromatic nitrogens is 2. The summed E-state index contributed by atoms with van der Waals surface area (Å²) in [5.41, 5.74) is 9.72. The molecule has 0 aliphatic heterocycles. The van der Waals surface area contributed by atoms with E-state index in [4.69, 9.17) is 22.1 Å². The first-order valence-electron chi connectivity index (χ1n) is 8.92. The molecule has 5 heteroatoms. The van der Waals surface area contributed by atoms with Crippen LogP contribution in [0.3, 0.4) is 0 Å². The van der Waals surface area contributed by atoms with Crippen LogP contribution in [0, 0.1) is 0 Å². The molecule has 0 saturated carbocycles. The van der Waals surface area contributed by atoms with E-state index in [1.165, 1.54) is 0 Å². The van der Waals surface area contributed by atoms with Crippen LogP contribution in [0.25, 0.3) is 11.0 Å². The third-order valence-corrected chi connectivity index (χ3v) is 5.00. The van der Waals surface area contributed by atoms with E-state index in [9.17, 15) is 0 Å². The molecule has 0 unspecified atom stereocenters. The second kappa shape index (κ2) is 7.72. The monoisotopic (exact) mass is 378 g/mol. The minimum absolute atomic E-state index is 0.541. The Balaban J connectivity index is 1.63. The van der Waals surface area contributed by atoms with Gasteiger partial charge in [0, 0.05) is 10.6 Å². The van der Waals surface area contributed by atoms with Gasteiger partial charge < -0.3 is 4.74 Å². The average Bonchev–Trinajstić information content (AvgIpc) is 2.96. The number of nitrogen functional groups attached to an aromatic ring is 1. The van der Waals surface area contributed by atoms with Gasteiger partial charge in [0.05, 0.1) is 6.54 Å². The second-order valence-corrected chi connectivity index (χ2v) is 6.74. The van der Waals surface area contributed by atoms with Gasteiger partial charge in [-0.05, 0) is 30.3 Å². The highest BCUT2D eigenvalue weighted by molar-refractivity contribution is 6.31. The molecule has 0 atom stereocenters. The zero-order chi connectivity index (χ0) is 18.6. The minimum atomic E-state index is 0.541. The number of rotatable bonds is 6. The lowest BCUT2D eigenvalue weighted by molar-refractivity contribution is -0.648. The molecular formula is C22H21ClN3O+. The molecule has 0 radical (unpaired) electrons. The van der Waals surface area contributed by atoms with Crippen molar-refractivity contribution in [2.24, 2.45) is 0 Å². The lowest BCUT2D eigenvalue weighted by Crippen LogP contribution is -2.37. The summed E-state index contributed by atoms with van der Waals surface area (Å²) in [7, 11) is 0. The van der Waals surface area contributed by atoms with Crippen molar-refractivity contribution in [1.82, 2.24) is 4.57 Å². The maximum atomic E-state index is 6.52. The summed E-state index contributed by atoms with van der Waals surface area (Å²) in [4.78, 5) is 0. The van der Waals surface area contributed by atoms with Gasteiger partial charge in [-0.3, -0.25) is 5.73 Å². The topological polar surface area (TPSA) is 44.1 Å². The molecule has 2 N–H and O–H groups in total. The van der Waals surface area contributed by atoms with Gasteiger partial charge in [-0.2, -0.15) is 0 Å². The van der Waals surface area contributed by atoms with Crippen LogP contribution in [0.1, 0.15) is 5.56 Å². The molecule has 0 aliphatic carbocycles. The maximum Gasteiger partial charge on any atom is 0.356 e. The minimum Gasteiger partial charge on any atom is -0.490 e. The van der Waals surface area contributed by atoms with Crippen molar-refractivity contribution in [2.75, 3.05) is 12.3 Å². The van der Waals surface area contributed by atoms with Crippen LogP contribution in [0.5, 0.6) is 5.75 Å². The van der Waals surface area contributed by atoms with Gasteiger partial charge in [-0.1, -0.05) is 60.1 Å². The predicted molar refractivity (Wildman–Crippen MR) is 109 cm³/mol. The fourth-order valence-electron chi connectivity index (χ4n) is 3.28. The van der Waals surface area contributed by atoms with E-state index in [0.29, 0.717) is 25.6 Å². The van der Waals surface area contributed by atoms with Gasteiger partial charge in [-0.15, -0.1) is 0 Å². The van der Waals surface area contributed by atoms with Crippen molar-refractivity contribution in [1.29, 1.82) is 0 Å². The van der Waals surface area contributed by atoms with Gasteiger partial charge in [0.1, 0.15) is 29.9 Å². The van der Waals surface area contributed by atoms with Crippen LogP contribution in [-0.4, -0.2) is 11.2 Å². The molecule has 136 valence electrons. The first-order chi connectivity index (χ1) is 13.2. The first kappa shape index (κ1) is 17.4. The van der Waals surface area contributed by atoms with Crippen LogP contribution in [-0.2, 0) is 13.1 Å². The van der Waals surface area contributed by atoms with E-state index in [1.54, 1.807) is 0 Å². The van der Waals surface area contributed by atoms with E-state index in [1.807, 2.05) is 66.7 Å². The molecule has 3 aromatic carbocycles. The zero-order valence-electron chi connectivity index (χ0n) is 14.9. The largest absolute Gasteiger partial charge is 0.490 e. The van der Waals surface area contributed by atoms with E-state index in [2.05, 4.69) is 21.3 Å². The number of ether oxygens (including phenoxy) is 1. The molecule has 27 heavy (non-hydrogen) atoms. The highest BCUT2D eigenvalue weighted by Crippen LogP contribution is 2.20. The molecule has 0 saturated heterocycles. The maximum absolute atomic E-state index is 6.52. The van der Waals surface area contributed by atoms with Crippen LogP contribution >= 0.6 is 11.6 Å². The summed E-state index contributed by atoms with van der Waals surface area (Å²) in [5, 5.41) is 0.744. The highest BCUT2D eigenvalue weighted by atomic mass is 35.5. The molecule has 0 aliphatic rings. The van der Waals surface area contributed by atoms with Gasteiger partial charge >= 0.3 is 5.95 Å².